The molecule has 2 fully saturated rings. The molecule has 3 rings (SSSR count). The average molecular weight is 373 g/mol. The molecule has 5 nitrogen and oxygen atoms in total. The lowest BCUT2D eigenvalue weighted by Gasteiger charge is -2.46. The van der Waals surface area contributed by atoms with Crippen LogP contribution >= 0.6 is 0 Å². The third-order valence-corrected chi connectivity index (χ3v) is 5.79. The Labute approximate surface area is 162 Å². The van der Waals surface area contributed by atoms with E-state index in [2.05, 4.69) is 19.2 Å². The molecule has 1 N–H and O–H groups in total. The summed E-state index contributed by atoms with van der Waals surface area (Å²) in [5.74, 6) is 1.09. The summed E-state index contributed by atoms with van der Waals surface area (Å²) in [6.45, 7) is 7.17. The Morgan fingerprint density at radius 3 is 2.59 bits per heavy atom. The number of piperidine rings is 1. The molecule has 0 radical (unpaired) electrons. The lowest BCUT2D eigenvalue weighted by atomic mass is 9.79. The molecule has 2 amide bonds. The van der Waals surface area contributed by atoms with E-state index in [4.69, 9.17) is 4.74 Å². The zero-order valence-electron chi connectivity index (χ0n) is 16.6. The summed E-state index contributed by atoms with van der Waals surface area (Å²) in [6, 6.07) is 9.35. The maximum atomic E-state index is 12.3. The predicted octanol–water partition coefficient (Wildman–Crippen LogP) is 3.25. The summed E-state index contributed by atoms with van der Waals surface area (Å²) in [4.78, 5) is 26.6. The molecular formula is C22H32N2O3. The van der Waals surface area contributed by atoms with Gasteiger partial charge in [-0.05, 0) is 49.7 Å². The number of nitrogens with one attached hydrogen (secondary N) is 1. The molecule has 1 unspecified atom stereocenters. The second kappa shape index (κ2) is 8.87. The van der Waals surface area contributed by atoms with Crippen molar-refractivity contribution in [2.24, 2.45) is 11.8 Å². The smallest absolute Gasteiger partial charge is 0.251 e. The predicted molar refractivity (Wildman–Crippen MR) is 105 cm³/mol. The minimum Gasteiger partial charge on any atom is -0.375 e. The van der Waals surface area contributed by atoms with Crippen LogP contribution in [0, 0.1) is 11.8 Å². The van der Waals surface area contributed by atoms with Gasteiger partial charge in [0.1, 0.15) is 0 Å². The molecule has 27 heavy (non-hydrogen) atoms. The van der Waals surface area contributed by atoms with Crippen molar-refractivity contribution in [3.05, 3.63) is 35.9 Å². The fourth-order valence-corrected chi connectivity index (χ4v) is 4.22. The van der Waals surface area contributed by atoms with Gasteiger partial charge in [0, 0.05) is 38.2 Å². The molecule has 0 aromatic heterocycles. The Morgan fingerprint density at radius 1 is 1.22 bits per heavy atom. The van der Waals surface area contributed by atoms with Crippen molar-refractivity contribution in [3.8, 4) is 0 Å². The summed E-state index contributed by atoms with van der Waals surface area (Å²) in [5.41, 5.74) is 0.589. The lowest BCUT2D eigenvalue weighted by molar-refractivity contribution is -0.147. The largest absolute Gasteiger partial charge is 0.375 e. The molecule has 1 aromatic carbocycles. The zero-order chi connectivity index (χ0) is 19.3. The van der Waals surface area contributed by atoms with Crippen LogP contribution in [0.1, 0.15) is 56.3 Å². The molecule has 0 bridgehead atoms. The number of amides is 2. The number of ether oxygens (including phenoxy) is 1. The molecule has 2 aliphatic rings. The topological polar surface area (TPSA) is 58.6 Å². The van der Waals surface area contributed by atoms with Gasteiger partial charge in [-0.25, -0.2) is 0 Å². The van der Waals surface area contributed by atoms with Gasteiger partial charge >= 0.3 is 0 Å². The lowest BCUT2D eigenvalue weighted by Crippen LogP contribution is -2.51. The van der Waals surface area contributed by atoms with Gasteiger partial charge in [-0.15, -0.1) is 0 Å². The van der Waals surface area contributed by atoms with Crippen molar-refractivity contribution in [2.75, 3.05) is 26.2 Å². The van der Waals surface area contributed by atoms with Crippen molar-refractivity contribution in [1.29, 1.82) is 0 Å². The van der Waals surface area contributed by atoms with E-state index < -0.39 is 0 Å². The average Bonchev–Trinajstić information content (AvgIpc) is 2.67. The van der Waals surface area contributed by atoms with Crippen LogP contribution in [-0.4, -0.2) is 48.6 Å². The number of hydrogen-bond acceptors (Lipinski definition) is 3. The van der Waals surface area contributed by atoms with Gasteiger partial charge in [0.15, 0.2) is 0 Å². The molecular weight excluding hydrogens is 340 g/mol. The van der Waals surface area contributed by atoms with Crippen molar-refractivity contribution in [3.63, 3.8) is 0 Å². The number of benzene rings is 1. The van der Waals surface area contributed by atoms with Crippen LogP contribution in [0.15, 0.2) is 30.3 Å². The number of nitrogens with zero attached hydrogens (tertiary/aromatic N) is 1. The quantitative estimate of drug-likeness (QED) is 0.863. The number of carbonyl (C=O) groups is 2. The molecule has 2 saturated heterocycles. The van der Waals surface area contributed by atoms with E-state index in [1.807, 2.05) is 35.2 Å². The highest BCUT2D eigenvalue weighted by atomic mass is 16.5. The van der Waals surface area contributed by atoms with Gasteiger partial charge in [-0.3, -0.25) is 9.59 Å². The second-order valence-electron chi connectivity index (χ2n) is 8.45. The first-order chi connectivity index (χ1) is 13.0. The molecule has 1 aromatic rings. The van der Waals surface area contributed by atoms with E-state index in [9.17, 15) is 9.59 Å². The van der Waals surface area contributed by atoms with Crippen molar-refractivity contribution in [2.45, 2.75) is 51.6 Å². The number of carbonyl (C=O) groups excluding carboxylic acids is 2. The molecule has 0 saturated carbocycles. The maximum absolute atomic E-state index is 12.3. The van der Waals surface area contributed by atoms with Crippen LogP contribution in [0.4, 0.5) is 0 Å². The molecule has 148 valence electrons. The highest BCUT2D eigenvalue weighted by Gasteiger charge is 2.41. The van der Waals surface area contributed by atoms with Gasteiger partial charge in [0.25, 0.3) is 5.91 Å². The van der Waals surface area contributed by atoms with Crippen LogP contribution < -0.4 is 5.32 Å². The Bertz CT molecular complexity index is 636. The van der Waals surface area contributed by atoms with Gasteiger partial charge in [-0.2, -0.15) is 0 Å². The summed E-state index contributed by atoms with van der Waals surface area (Å²) >= 11 is 0. The highest BCUT2D eigenvalue weighted by molar-refractivity contribution is 5.94. The van der Waals surface area contributed by atoms with Crippen LogP contribution in [0.25, 0.3) is 0 Å². The fraction of sp³-hybridized carbons (Fsp3) is 0.636. The van der Waals surface area contributed by atoms with E-state index in [1.165, 1.54) is 0 Å². The molecule has 2 aliphatic heterocycles. The molecule has 5 heteroatoms. The van der Waals surface area contributed by atoms with Gasteiger partial charge < -0.3 is 15.0 Å². The van der Waals surface area contributed by atoms with Crippen LogP contribution in [-0.2, 0) is 9.53 Å². The van der Waals surface area contributed by atoms with Crippen LogP contribution in [0.5, 0.6) is 0 Å². The highest BCUT2D eigenvalue weighted by Crippen LogP contribution is 2.37. The van der Waals surface area contributed by atoms with E-state index in [0.29, 0.717) is 30.4 Å². The summed E-state index contributed by atoms with van der Waals surface area (Å²) in [5, 5.41) is 3.08. The number of rotatable bonds is 5. The van der Waals surface area contributed by atoms with Crippen molar-refractivity contribution < 1.29 is 14.3 Å². The third kappa shape index (κ3) is 5.32. The van der Waals surface area contributed by atoms with E-state index >= 15 is 0 Å². The summed E-state index contributed by atoms with van der Waals surface area (Å²) < 4.78 is 6.19. The Kier molecular flexibility index (Phi) is 6.53. The van der Waals surface area contributed by atoms with Gasteiger partial charge in [0.2, 0.25) is 5.91 Å². The van der Waals surface area contributed by atoms with Crippen LogP contribution in [0.2, 0.25) is 0 Å². The monoisotopic (exact) mass is 372 g/mol. The molecule has 1 atom stereocenters. The first kappa shape index (κ1) is 19.9. The third-order valence-electron chi connectivity index (χ3n) is 5.79. The number of hydrogen-bond donors (Lipinski definition) is 1. The minimum atomic E-state index is -0.116. The SMILES string of the molecule is CC(C)CC(=O)N1CCC2(CC1)CC(CNC(=O)c1ccccc1)CCO2. The normalized spacial score (nSPS) is 22.0. The fourth-order valence-electron chi connectivity index (χ4n) is 4.22. The standard InChI is InChI=1S/C22H32N2O3/c1-17(2)14-20(25)24-11-9-22(10-12-24)15-18(8-13-27-22)16-23-21(26)19-6-4-3-5-7-19/h3-7,17-18H,8-16H2,1-2H3,(H,23,26). The molecule has 2 heterocycles. The number of likely N-dealkylation sites (tertiary alicyclic amines) is 1. The minimum absolute atomic E-state index is 0.00903. The van der Waals surface area contributed by atoms with Crippen molar-refractivity contribution in [1.82, 2.24) is 10.2 Å². The van der Waals surface area contributed by atoms with Gasteiger partial charge in [-0.1, -0.05) is 32.0 Å². The van der Waals surface area contributed by atoms with E-state index in [0.717, 1.165) is 45.4 Å². The second-order valence-corrected chi connectivity index (χ2v) is 8.45. The molecule has 0 aliphatic carbocycles. The first-order valence-electron chi connectivity index (χ1n) is 10.2. The van der Waals surface area contributed by atoms with Crippen LogP contribution in [0.3, 0.4) is 0 Å². The maximum Gasteiger partial charge on any atom is 0.251 e. The Hall–Kier alpha value is -1.88. The first-order valence-corrected chi connectivity index (χ1v) is 10.2. The summed E-state index contributed by atoms with van der Waals surface area (Å²) in [7, 11) is 0. The van der Waals surface area contributed by atoms with Gasteiger partial charge in [0.05, 0.1) is 5.60 Å². The Morgan fingerprint density at radius 2 is 1.93 bits per heavy atom. The van der Waals surface area contributed by atoms with E-state index in [1.54, 1.807) is 0 Å². The van der Waals surface area contributed by atoms with E-state index in [-0.39, 0.29) is 17.4 Å². The Balaban J connectivity index is 1.48. The zero-order valence-corrected chi connectivity index (χ0v) is 16.6. The van der Waals surface area contributed by atoms with Crippen molar-refractivity contribution >= 4 is 11.8 Å². The molecule has 1 spiro atoms. The summed E-state index contributed by atoms with van der Waals surface area (Å²) in [6.07, 6.45) is 4.38.